The minimum atomic E-state index is -0.606. The summed E-state index contributed by atoms with van der Waals surface area (Å²) in [5.74, 6) is -0.137. The number of benzene rings is 2. The van der Waals surface area contributed by atoms with Gasteiger partial charge in [0, 0.05) is 19.2 Å². The Bertz CT molecular complexity index is 753. The molecule has 0 bridgehead atoms. The fourth-order valence-electron chi connectivity index (χ4n) is 2.24. The van der Waals surface area contributed by atoms with Crippen LogP contribution in [0.1, 0.15) is 33.2 Å². The zero-order valence-corrected chi connectivity index (χ0v) is 14.8. The van der Waals surface area contributed by atoms with E-state index in [0.29, 0.717) is 25.0 Å². The van der Waals surface area contributed by atoms with Crippen molar-refractivity contribution in [3.05, 3.63) is 65.2 Å². The highest BCUT2D eigenvalue weighted by atomic mass is 16.5. The summed E-state index contributed by atoms with van der Waals surface area (Å²) in [7, 11) is 1.64. The van der Waals surface area contributed by atoms with Crippen molar-refractivity contribution >= 4 is 18.2 Å². The van der Waals surface area contributed by atoms with Crippen LogP contribution in [0.25, 0.3) is 0 Å². The zero-order valence-electron chi connectivity index (χ0n) is 14.8. The number of rotatable bonds is 8. The third-order valence-corrected chi connectivity index (χ3v) is 3.69. The summed E-state index contributed by atoms with van der Waals surface area (Å²) >= 11 is 0. The summed E-state index contributed by atoms with van der Waals surface area (Å²) in [4.78, 5) is 36.2. The van der Waals surface area contributed by atoms with Gasteiger partial charge in [-0.3, -0.25) is 9.59 Å². The fourth-order valence-corrected chi connectivity index (χ4v) is 2.24. The molecule has 0 aliphatic heterocycles. The van der Waals surface area contributed by atoms with Crippen LogP contribution in [0.4, 0.5) is 0 Å². The molecule has 0 saturated carbocycles. The number of carbonyl (C=O) groups excluding carboxylic acids is 3. The van der Waals surface area contributed by atoms with Crippen molar-refractivity contribution in [3.8, 4) is 5.75 Å². The van der Waals surface area contributed by atoms with E-state index >= 15 is 0 Å². The highest BCUT2D eigenvalue weighted by molar-refractivity contribution is 5.92. The predicted molar refractivity (Wildman–Crippen MR) is 96.2 cm³/mol. The first-order valence-corrected chi connectivity index (χ1v) is 8.21. The first kappa shape index (κ1) is 19.2. The Labute approximate surface area is 152 Å². The Kier molecular flexibility index (Phi) is 6.91. The first-order valence-electron chi connectivity index (χ1n) is 8.21. The number of esters is 1. The normalized spacial score (nSPS) is 10.1. The van der Waals surface area contributed by atoms with Crippen molar-refractivity contribution in [1.82, 2.24) is 4.90 Å². The molecule has 0 aliphatic rings. The highest BCUT2D eigenvalue weighted by Gasteiger charge is 2.14. The van der Waals surface area contributed by atoms with Gasteiger partial charge in [-0.1, -0.05) is 24.3 Å². The third-order valence-electron chi connectivity index (χ3n) is 3.69. The van der Waals surface area contributed by atoms with Crippen molar-refractivity contribution in [2.45, 2.75) is 13.5 Å². The van der Waals surface area contributed by atoms with E-state index in [1.54, 1.807) is 7.05 Å². The second-order valence-corrected chi connectivity index (χ2v) is 5.64. The summed E-state index contributed by atoms with van der Waals surface area (Å²) < 4.78 is 10.4. The number of carbonyl (C=O) groups is 3. The standard InChI is InChI=1S/C20H21NO5/c1-3-25-18-10-6-15(7-11-18)12-21(2)19(23)14-26-20(24)17-8-4-16(13-22)5-9-17/h4-11,13H,3,12,14H2,1-2H3. The first-order chi connectivity index (χ1) is 12.5. The lowest BCUT2D eigenvalue weighted by molar-refractivity contribution is -0.133. The molecule has 6 heteroatoms. The summed E-state index contributed by atoms with van der Waals surface area (Å²) in [5, 5.41) is 0. The molecule has 0 saturated heterocycles. The molecule has 0 unspecified atom stereocenters. The summed E-state index contributed by atoms with van der Waals surface area (Å²) in [6.07, 6.45) is 0.689. The molecule has 0 spiro atoms. The molecular weight excluding hydrogens is 334 g/mol. The van der Waals surface area contributed by atoms with Gasteiger partial charge < -0.3 is 14.4 Å². The van der Waals surface area contributed by atoms with E-state index in [9.17, 15) is 14.4 Å². The molecule has 2 aromatic rings. The second-order valence-electron chi connectivity index (χ2n) is 5.64. The number of hydrogen-bond donors (Lipinski definition) is 0. The van der Waals surface area contributed by atoms with E-state index in [-0.39, 0.29) is 18.1 Å². The van der Waals surface area contributed by atoms with Gasteiger partial charge in [-0.25, -0.2) is 4.79 Å². The Morgan fingerprint density at radius 3 is 2.27 bits per heavy atom. The molecule has 0 radical (unpaired) electrons. The van der Waals surface area contributed by atoms with E-state index in [1.807, 2.05) is 31.2 Å². The molecule has 0 fully saturated rings. The molecule has 0 heterocycles. The highest BCUT2D eigenvalue weighted by Crippen LogP contribution is 2.13. The third kappa shape index (κ3) is 5.44. The number of hydrogen-bond acceptors (Lipinski definition) is 5. The topological polar surface area (TPSA) is 72.9 Å². The molecule has 2 aromatic carbocycles. The van der Waals surface area contributed by atoms with Crippen LogP contribution in [0.3, 0.4) is 0 Å². The number of ether oxygens (including phenoxy) is 2. The van der Waals surface area contributed by atoms with Crippen molar-refractivity contribution in [1.29, 1.82) is 0 Å². The molecule has 0 N–H and O–H groups in total. The largest absolute Gasteiger partial charge is 0.494 e. The van der Waals surface area contributed by atoms with E-state index < -0.39 is 5.97 Å². The fraction of sp³-hybridized carbons (Fsp3) is 0.250. The molecule has 136 valence electrons. The van der Waals surface area contributed by atoms with Gasteiger partial charge in [-0.05, 0) is 36.8 Å². The lowest BCUT2D eigenvalue weighted by atomic mass is 10.1. The molecule has 0 atom stereocenters. The number of likely N-dealkylation sites (N-methyl/N-ethyl adjacent to an activating group) is 1. The Hall–Kier alpha value is -3.15. The van der Waals surface area contributed by atoms with Gasteiger partial charge in [-0.15, -0.1) is 0 Å². The maximum Gasteiger partial charge on any atom is 0.338 e. The van der Waals surface area contributed by atoms with Gasteiger partial charge in [0.05, 0.1) is 12.2 Å². The van der Waals surface area contributed by atoms with Crippen LogP contribution in [0.15, 0.2) is 48.5 Å². The smallest absolute Gasteiger partial charge is 0.338 e. The molecule has 2 rings (SSSR count). The van der Waals surface area contributed by atoms with Crippen molar-refractivity contribution in [3.63, 3.8) is 0 Å². The molecular formula is C20H21NO5. The van der Waals surface area contributed by atoms with Crippen LogP contribution in [-0.2, 0) is 16.1 Å². The monoisotopic (exact) mass is 355 g/mol. The van der Waals surface area contributed by atoms with Crippen molar-refractivity contribution < 1.29 is 23.9 Å². The summed E-state index contributed by atoms with van der Waals surface area (Å²) in [6.45, 7) is 2.57. The molecule has 0 aliphatic carbocycles. The van der Waals surface area contributed by atoms with Crippen LogP contribution < -0.4 is 4.74 Å². The lowest BCUT2D eigenvalue weighted by Gasteiger charge is -2.17. The van der Waals surface area contributed by atoms with E-state index in [2.05, 4.69) is 0 Å². The van der Waals surface area contributed by atoms with Crippen LogP contribution in [0, 0.1) is 0 Å². The molecule has 6 nitrogen and oxygen atoms in total. The second kappa shape index (κ2) is 9.36. The van der Waals surface area contributed by atoms with Crippen LogP contribution in [0.5, 0.6) is 5.75 Å². The molecule has 0 aromatic heterocycles. The Balaban J connectivity index is 1.83. The summed E-state index contributed by atoms with van der Waals surface area (Å²) in [6, 6.07) is 13.5. The van der Waals surface area contributed by atoms with Crippen LogP contribution >= 0.6 is 0 Å². The molecule has 26 heavy (non-hydrogen) atoms. The Morgan fingerprint density at radius 1 is 1.04 bits per heavy atom. The van der Waals surface area contributed by atoms with Gasteiger partial charge in [0.25, 0.3) is 5.91 Å². The Morgan fingerprint density at radius 2 is 1.69 bits per heavy atom. The van der Waals surface area contributed by atoms with E-state index in [0.717, 1.165) is 11.3 Å². The maximum atomic E-state index is 12.1. The zero-order chi connectivity index (χ0) is 18.9. The van der Waals surface area contributed by atoms with E-state index in [1.165, 1.54) is 29.2 Å². The van der Waals surface area contributed by atoms with Gasteiger partial charge >= 0.3 is 5.97 Å². The van der Waals surface area contributed by atoms with Crippen molar-refractivity contribution in [2.75, 3.05) is 20.3 Å². The van der Waals surface area contributed by atoms with Crippen LogP contribution in [-0.4, -0.2) is 43.3 Å². The van der Waals surface area contributed by atoms with Gasteiger partial charge in [0.2, 0.25) is 0 Å². The average Bonchev–Trinajstić information content (AvgIpc) is 2.67. The number of aldehydes is 1. The minimum absolute atomic E-state index is 0.289. The summed E-state index contributed by atoms with van der Waals surface area (Å²) in [5.41, 5.74) is 1.70. The van der Waals surface area contributed by atoms with E-state index in [4.69, 9.17) is 9.47 Å². The average molecular weight is 355 g/mol. The number of nitrogens with zero attached hydrogens (tertiary/aromatic N) is 1. The number of amides is 1. The quantitative estimate of drug-likeness (QED) is 0.538. The van der Waals surface area contributed by atoms with Gasteiger partial charge in [0.15, 0.2) is 6.61 Å². The predicted octanol–water partition coefficient (Wildman–Crippen LogP) is 2.71. The minimum Gasteiger partial charge on any atom is -0.494 e. The van der Waals surface area contributed by atoms with Crippen molar-refractivity contribution in [2.24, 2.45) is 0 Å². The maximum absolute atomic E-state index is 12.1. The lowest BCUT2D eigenvalue weighted by Crippen LogP contribution is -2.30. The molecule has 1 amide bonds. The van der Waals surface area contributed by atoms with Gasteiger partial charge in [0.1, 0.15) is 12.0 Å². The van der Waals surface area contributed by atoms with Crippen LogP contribution in [0.2, 0.25) is 0 Å². The SMILES string of the molecule is CCOc1ccc(CN(C)C(=O)COC(=O)c2ccc(C=O)cc2)cc1. The van der Waals surface area contributed by atoms with Gasteiger partial charge in [-0.2, -0.15) is 0 Å².